The highest BCUT2D eigenvalue weighted by Crippen LogP contribution is 2.40. The summed E-state index contributed by atoms with van der Waals surface area (Å²) in [4.78, 5) is 48.1. The third kappa shape index (κ3) is 4.24. The van der Waals surface area contributed by atoms with Gasteiger partial charge in [-0.05, 0) is 11.4 Å². The van der Waals surface area contributed by atoms with Crippen molar-refractivity contribution in [1.29, 1.82) is 0 Å². The number of rotatable bonds is 7. The molecule has 2 aliphatic rings. The van der Waals surface area contributed by atoms with Crippen LogP contribution in [-0.4, -0.2) is 62.8 Å². The van der Waals surface area contributed by atoms with Crippen LogP contribution in [0, 0.1) is 0 Å². The van der Waals surface area contributed by atoms with Crippen molar-refractivity contribution in [3.8, 4) is 0 Å². The van der Waals surface area contributed by atoms with E-state index >= 15 is 0 Å². The molecule has 3 aromatic heterocycles. The van der Waals surface area contributed by atoms with E-state index in [9.17, 15) is 19.5 Å². The van der Waals surface area contributed by atoms with E-state index in [1.807, 2.05) is 34.5 Å². The number of oxime groups is 1. The van der Waals surface area contributed by atoms with Crippen molar-refractivity contribution in [3.63, 3.8) is 0 Å². The predicted molar refractivity (Wildman–Crippen MR) is 132 cm³/mol. The van der Waals surface area contributed by atoms with E-state index in [2.05, 4.69) is 15.5 Å². The molecular formula is C21H19N6O5S3+. The van der Waals surface area contributed by atoms with Gasteiger partial charge in [0.1, 0.15) is 29.9 Å². The molecule has 2 amide bonds. The average Bonchev–Trinajstić information content (AvgIpc) is 3.48. The molecule has 2 unspecified atom stereocenters. The quantitative estimate of drug-likeness (QED) is 0.177. The number of nitrogens with zero attached hydrogens (tertiary/aromatic N) is 4. The van der Waals surface area contributed by atoms with E-state index in [0.717, 1.165) is 21.4 Å². The number of amides is 2. The number of carboxylic acids is 1. The van der Waals surface area contributed by atoms with Gasteiger partial charge in [0.2, 0.25) is 0 Å². The molecule has 35 heavy (non-hydrogen) atoms. The lowest BCUT2D eigenvalue weighted by atomic mass is 10.0. The number of carbonyl (C=O) groups excluding carboxylic acids is 2. The van der Waals surface area contributed by atoms with Crippen LogP contribution >= 0.6 is 34.4 Å². The number of aliphatic carboxylic acids is 1. The smallest absolute Gasteiger partial charge is 0.352 e. The standard InChI is InChI=1S/C21H18N6O5S3/c1-32-25-14(12-9-35-21(22)23-12)17(28)24-15-18(29)27-16(20(30)31)11(8-34-19(15)27)7-26-4-2-13-10(6-26)3-5-33-13/h2-6,9,15,19H,7-8H2,1H3,(H3-,22,23,24,28,30,31)/p+1/b25-14+. The summed E-state index contributed by atoms with van der Waals surface area (Å²) in [6.07, 6.45) is 3.85. The van der Waals surface area contributed by atoms with Crippen LogP contribution in [0.25, 0.3) is 10.1 Å². The molecule has 0 spiro atoms. The molecule has 1 fully saturated rings. The zero-order valence-corrected chi connectivity index (χ0v) is 20.7. The predicted octanol–water partition coefficient (Wildman–Crippen LogP) is 1.02. The SMILES string of the molecule is CO/N=C(/C(=O)NC1C(=O)N2C(C(=O)O)=C(C[n+]3ccc4sccc4c3)CSC12)c1csc(N)n1. The first kappa shape index (κ1) is 23.3. The molecule has 2 atom stereocenters. The molecule has 0 radical (unpaired) electrons. The number of nitrogen functional groups attached to an aromatic ring is 1. The average molecular weight is 532 g/mol. The maximum absolute atomic E-state index is 13.0. The van der Waals surface area contributed by atoms with Crippen LogP contribution in [-0.2, 0) is 25.8 Å². The van der Waals surface area contributed by atoms with E-state index < -0.39 is 29.2 Å². The van der Waals surface area contributed by atoms with Gasteiger partial charge in [0.05, 0.1) is 5.39 Å². The summed E-state index contributed by atoms with van der Waals surface area (Å²) in [5, 5.41) is 20.6. The minimum atomic E-state index is -1.18. The molecule has 5 rings (SSSR count). The largest absolute Gasteiger partial charge is 0.477 e. The van der Waals surface area contributed by atoms with Crippen LogP contribution in [0.5, 0.6) is 0 Å². The molecule has 14 heteroatoms. The second kappa shape index (κ2) is 9.28. The molecule has 3 aromatic rings. The van der Waals surface area contributed by atoms with Crippen LogP contribution in [0.15, 0.2) is 51.7 Å². The Labute approximate surface area is 210 Å². The zero-order chi connectivity index (χ0) is 24.7. The fourth-order valence-electron chi connectivity index (χ4n) is 3.98. The zero-order valence-electron chi connectivity index (χ0n) is 18.2. The van der Waals surface area contributed by atoms with Gasteiger partial charge in [-0.3, -0.25) is 14.5 Å². The second-order valence-corrected chi connectivity index (χ2v) is 10.6. The maximum Gasteiger partial charge on any atom is 0.352 e. The lowest BCUT2D eigenvalue weighted by Crippen LogP contribution is -2.71. The number of aromatic nitrogens is 2. The van der Waals surface area contributed by atoms with Gasteiger partial charge in [0, 0.05) is 27.5 Å². The Morgan fingerprint density at radius 3 is 2.94 bits per heavy atom. The highest BCUT2D eigenvalue weighted by atomic mass is 32.2. The molecule has 2 aliphatic heterocycles. The van der Waals surface area contributed by atoms with Crippen molar-refractivity contribution in [2.75, 3.05) is 18.6 Å². The third-order valence-corrected chi connectivity index (χ3v) is 8.43. The van der Waals surface area contributed by atoms with Crippen molar-refractivity contribution in [2.24, 2.45) is 5.16 Å². The van der Waals surface area contributed by atoms with Gasteiger partial charge in [0.25, 0.3) is 11.8 Å². The van der Waals surface area contributed by atoms with Crippen LogP contribution in [0.3, 0.4) is 0 Å². The molecule has 0 bridgehead atoms. The molecule has 180 valence electrons. The van der Waals surface area contributed by atoms with Crippen LogP contribution in [0.2, 0.25) is 0 Å². The number of hydrogen-bond acceptors (Lipinski definition) is 10. The molecule has 0 saturated carbocycles. The molecular weight excluding hydrogens is 512 g/mol. The summed E-state index contributed by atoms with van der Waals surface area (Å²) in [5.74, 6) is -1.95. The summed E-state index contributed by atoms with van der Waals surface area (Å²) in [7, 11) is 1.29. The molecule has 1 saturated heterocycles. The Kier molecular flexibility index (Phi) is 6.17. The van der Waals surface area contributed by atoms with Gasteiger partial charge in [-0.2, -0.15) is 0 Å². The Hall–Kier alpha value is -3.49. The van der Waals surface area contributed by atoms with Crippen molar-refractivity contribution in [1.82, 2.24) is 15.2 Å². The Morgan fingerprint density at radius 2 is 2.23 bits per heavy atom. The van der Waals surface area contributed by atoms with E-state index in [1.54, 1.807) is 16.7 Å². The van der Waals surface area contributed by atoms with Crippen LogP contribution < -0.4 is 15.6 Å². The summed E-state index contributed by atoms with van der Waals surface area (Å²) in [6.45, 7) is 0.337. The van der Waals surface area contributed by atoms with E-state index in [-0.39, 0.29) is 22.2 Å². The summed E-state index contributed by atoms with van der Waals surface area (Å²) >= 11 is 4.17. The van der Waals surface area contributed by atoms with Gasteiger partial charge in [-0.25, -0.2) is 14.3 Å². The first-order chi connectivity index (χ1) is 16.9. The van der Waals surface area contributed by atoms with Crippen molar-refractivity contribution in [2.45, 2.75) is 18.0 Å². The highest BCUT2D eigenvalue weighted by molar-refractivity contribution is 8.00. The fraction of sp³-hybridized carbons (Fsp3) is 0.238. The second-order valence-electron chi connectivity index (χ2n) is 7.67. The van der Waals surface area contributed by atoms with E-state index in [1.165, 1.54) is 23.8 Å². The molecule has 0 aromatic carbocycles. The van der Waals surface area contributed by atoms with Crippen LogP contribution in [0.4, 0.5) is 5.13 Å². The summed E-state index contributed by atoms with van der Waals surface area (Å²) in [5.41, 5.74) is 6.33. The number of carbonyl (C=O) groups is 3. The number of thioether (sulfide) groups is 1. The van der Waals surface area contributed by atoms with Gasteiger partial charge in [-0.1, -0.05) is 5.16 Å². The lowest BCUT2D eigenvalue weighted by Gasteiger charge is -2.49. The molecule has 5 heterocycles. The number of nitrogens with one attached hydrogen (secondary N) is 1. The monoisotopic (exact) mass is 531 g/mol. The van der Waals surface area contributed by atoms with Gasteiger partial charge in [0.15, 0.2) is 29.8 Å². The minimum Gasteiger partial charge on any atom is -0.477 e. The number of thiazole rings is 1. The Morgan fingerprint density at radius 1 is 1.40 bits per heavy atom. The van der Waals surface area contributed by atoms with Crippen LogP contribution in [0.1, 0.15) is 5.69 Å². The number of nitrogens with two attached hydrogens (primary N) is 1. The first-order valence-electron chi connectivity index (χ1n) is 10.3. The minimum absolute atomic E-state index is 0.0415. The van der Waals surface area contributed by atoms with Crippen molar-refractivity contribution < 1.29 is 28.9 Å². The Balaban J connectivity index is 1.36. The van der Waals surface area contributed by atoms with E-state index in [4.69, 9.17) is 10.6 Å². The topological polar surface area (TPSA) is 151 Å². The first-order valence-corrected chi connectivity index (χ1v) is 13.1. The number of anilines is 1. The van der Waals surface area contributed by atoms with Gasteiger partial charge in [-0.15, -0.1) is 34.4 Å². The summed E-state index contributed by atoms with van der Waals surface area (Å²) in [6, 6.07) is 3.08. The lowest BCUT2D eigenvalue weighted by molar-refractivity contribution is -0.687. The highest BCUT2D eigenvalue weighted by Gasteiger charge is 2.54. The van der Waals surface area contributed by atoms with E-state index in [0.29, 0.717) is 17.9 Å². The fourth-order valence-corrected chi connectivity index (χ4v) is 6.62. The number of β-lactam (4-membered cyclic amide) rings is 1. The Bertz CT molecular complexity index is 1410. The number of hydrogen-bond donors (Lipinski definition) is 3. The number of thiophene rings is 1. The molecule has 0 aliphatic carbocycles. The molecule has 4 N–H and O–H groups in total. The van der Waals surface area contributed by atoms with Gasteiger partial charge >= 0.3 is 5.97 Å². The van der Waals surface area contributed by atoms with Gasteiger partial charge < -0.3 is 21.0 Å². The van der Waals surface area contributed by atoms with Crippen molar-refractivity contribution >= 4 is 73.1 Å². The summed E-state index contributed by atoms with van der Waals surface area (Å²) < 4.78 is 3.05. The van der Waals surface area contributed by atoms with Crippen molar-refractivity contribution in [3.05, 3.63) is 52.3 Å². The third-order valence-electron chi connectivity index (χ3n) is 5.52. The number of pyridine rings is 1. The number of carboxylic acid groups (broad SMARTS) is 1. The number of fused-ring (bicyclic) bond motifs is 2. The maximum atomic E-state index is 13.0. The normalized spacial score (nSPS) is 20.0. The molecule has 11 nitrogen and oxygen atoms in total.